The first-order valence-corrected chi connectivity index (χ1v) is 9.23. The van der Waals surface area contributed by atoms with Crippen LogP contribution in [0.2, 0.25) is 5.15 Å². The summed E-state index contributed by atoms with van der Waals surface area (Å²) >= 11 is 6.12. The summed E-state index contributed by atoms with van der Waals surface area (Å²) in [6, 6.07) is 0.417. The zero-order valence-electron chi connectivity index (χ0n) is 14.0. The molecule has 2 aliphatic carbocycles. The second-order valence-electron chi connectivity index (χ2n) is 7.08. The number of fused-ring (bicyclic) bond motifs is 1. The summed E-state index contributed by atoms with van der Waals surface area (Å²) < 4.78 is 6.01. The van der Waals surface area contributed by atoms with Gasteiger partial charge in [-0.25, -0.2) is 15.0 Å². The predicted molar refractivity (Wildman–Crippen MR) is 95.4 cm³/mol. The molecule has 6 heteroatoms. The Morgan fingerprint density at radius 1 is 1.12 bits per heavy atom. The first-order chi connectivity index (χ1) is 11.7. The van der Waals surface area contributed by atoms with Gasteiger partial charge in [-0.15, -0.1) is 0 Å². The van der Waals surface area contributed by atoms with Crippen molar-refractivity contribution in [2.45, 2.75) is 57.6 Å². The predicted octanol–water partition coefficient (Wildman–Crippen LogP) is 4.14. The lowest BCUT2D eigenvalue weighted by atomic mass is 9.93. The fraction of sp³-hybridized carbons (Fsp3) is 0.611. The van der Waals surface area contributed by atoms with Crippen molar-refractivity contribution in [3.8, 4) is 0 Å². The molecule has 2 saturated carbocycles. The van der Waals surface area contributed by atoms with Crippen LogP contribution >= 0.6 is 11.6 Å². The van der Waals surface area contributed by atoms with Gasteiger partial charge in [-0.2, -0.15) is 0 Å². The highest BCUT2D eigenvalue weighted by molar-refractivity contribution is 6.34. The number of aromatic nitrogens is 3. The summed E-state index contributed by atoms with van der Waals surface area (Å²) in [7, 11) is 0. The van der Waals surface area contributed by atoms with Crippen molar-refractivity contribution in [3.63, 3.8) is 0 Å². The molecule has 4 rings (SSSR count). The van der Waals surface area contributed by atoms with E-state index in [1.54, 1.807) is 12.4 Å². The molecule has 2 aromatic rings. The zero-order valence-corrected chi connectivity index (χ0v) is 14.7. The maximum Gasteiger partial charge on any atom is 0.223 e. The molecule has 2 fully saturated rings. The Kier molecular flexibility index (Phi) is 4.55. The van der Waals surface area contributed by atoms with Gasteiger partial charge in [0.2, 0.25) is 5.95 Å². The van der Waals surface area contributed by atoms with Gasteiger partial charge in [-0.1, -0.05) is 11.6 Å². The molecule has 0 aromatic carbocycles. The van der Waals surface area contributed by atoms with Crippen molar-refractivity contribution in [1.82, 2.24) is 15.0 Å². The number of hydrogen-bond acceptors (Lipinski definition) is 5. The first kappa shape index (κ1) is 16.0. The number of anilines is 1. The van der Waals surface area contributed by atoms with Crippen molar-refractivity contribution in [2.75, 3.05) is 11.9 Å². The second-order valence-corrected chi connectivity index (χ2v) is 7.44. The van der Waals surface area contributed by atoms with E-state index in [1.165, 1.54) is 12.8 Å². The van der Waals surface area contributed by atoms with Crippen LogP contribution in [-0.4, -0.2) is 33.7 Å². The highest BCUT2D eigenvalue weighted by Crippen LogP contribution is 2.31. The van der Waals surface area contributed by atoms with E-state index in [1.807, 2.05) is 6.92 Å². The number of pyridine rings is 1. The molecule has 0 saturated heterocycles. The maximum atomic E-state index is 6.12. The molecule has 2 aromatic heterocycles. The minimum absolute atomic E-state index is 0.417. The van der Waals surface area contributed by atoms with Crippen LogP contribution in [0.1, 0.15) is 44.1 Å². The van der Waals surface area contributed by atoms with Crippen molar-refractivity contribution >= 4 is 28.5 Å². The van der Waals surface area contributed by atoms with Gasteiger partial charge < -0.3 is 10.1 Å². The lowest BCUT2D eigenvalue weighted by Gasteiger charge is -2.29. The van der Waals surface area contributed by atoms with Gasteiger partial charge in [0.1, 0.15) is 5.15 Å². The number of ether oxygens (including phenoxy) is 1. The number of hydrogen-bond donors (Lipinski definition) is 1. The monoisotopic (exact) mass is 346 g/mol. The summed E-state index contributed by atoms with van der Waals surface area (Å²) in [6.07, 6.45) is 11.1. The van der Waals surface area contributed by atoms with E-state index >= 15 is 0 Å². The summed E-state index contributed by atoms with van der Waals surface area (Å²) in [4.78, 5) is 13.2. The van der Waals surface area contributed by atoms with Gasteiger partial charge in [0.15, 0.2) is 0 Å². The van der Waals surface area contributed by atoms with E-state index in [-0.39, 0.29) is 0 Å². The minimum atomic E-state index is 0.417. The van der Waals surface area contributed by atoms with Crippen LogP contribution in [0.25, 0.3) is 10.9 Å². The van der Waals surface area contributed by atoms with E-state index in [0.717, 1.165) is 54.7 Å². The van der Waals surface area contributed by atoms with Gasteiger partial charge in [0, 0.05) is 25.0 Å². The van der Waals surface area contributed by atoms with E-state index in [9.17, 15) is 0 Å². The van der Waals surface area contributed by atoms with Crippen molar-refractivity contribution < 1.29 is 4.74 Å². The molecule has 0 radical (unpaired) electrons. The topological polar surface area (TPSA) is 59.9 Å². The lowest BCUT2D eigenvalue weighted by molar-refractivity contribution is 0.0203. The minimum Gasteiger partial charge on any atom is -0.378 e. The van der Waals surface area contributed by atoms with E-state index in [4.69, 9.17) is 16.3 Å². The van der Waals surface area contributed by atoms with E-state index in [2.05, 4.69) is 20.3 Å². The lowest BCUT2D eigenvalue weighted by Crippen LogP contribution is -2.30. The Morgan fingerprint density at radius 3 is 2.67 bits per heavy atom. The van der Waals surface area contributed by atoms with Crippen molar-refractivity contribution in [1.29, 1.82) is 0 Å². The Labute approximate surface area is 147 Å². The molecule has 2 heterocycles. The molecular formula is C18H23ClN4O. The Bertz CT molecular complexity index is 726. The molecule has 1 N–H and O–H groups in total. The van der Waals surface area contributed by atoms with Crippen molar-refractivity contribution in [2.24, 2.45) is 5.92 Å². The second kappa shape index (κ2) is 6.81. The number of aryl methyl sites for hydroxylation is 1. The molecule has 0 atom stereocenters. The van der Waals surface area contributed by atoms with Crippen LogP contribution in [0.4, 0.5) is 5.95 Å². The van der Waals surface area contributed by atoms with Gasteiger partial charge in [-0.3, -0.25) is 0 Å². The molecule has 128 valence electrons. The molecule has 0 spiro atoms. The van der Waals surface area contributed by atoms with E-state index in [0.29, 0.717) is 23.2 Å². The fourth-order valence-corrected chi connectivity index (χ4v) is 3.49. The summed E-state index contributed by atoms with van der Waals surface area (Å²) in [5.74, 6) is 1.52. The third-order valence-electron chi connectivity index (χ3n) is 5.03. The average Bonchev–Trinajstić information content (AvgIpc) is 3.42. The quantitative estimate of drug-likeness (QED) is 0.824. The summed E-state index contributed by atoms with van der Waals surface area (Å²) in [5, 5.41) is 4.74. The van der Waals surface area contributed by atoms with Crippen molar-refractivity contribution in [3.05, 3.63) is 23.1 Å². The van der Waals surface area contributed by atoms with Gasteiger partial charge in [0.25, 0.3) is 0 Å². The Hall–Kier alpha value is -1.46. The molecule has 2 aliphatic rings. The SMILES string of the molecule is Cc1cnc(Cl)c2cnc(N[C@H]3CC[C@H](OCC4CC4)CC3)nc12. The molecule has 5 nitrogen and oxygen atoms in total. The van der Waals surface area contributed by atoms with Crippen LogP contribution < -0.4 is 5.32 Å². The Balaban J connectivity index is 1.37. The zero-order chi connectivity index (χ0) is 16.5. The van der Waals surface area contributed by atoms with Gasteiger partial charge in [0.05, 0.1) is 17.0 Å². The van der Waals surface area contributed by atoms with Crippen LogP contribution in [0.15, 0.2) is 12.4 Å². The molecule has 0 aliphatic heterocycles. The molecule has 0 bridgehead atoms. The number of halogens is 1. The molecule has 0 unspecified atom stereocenters. The van der Waals surface area contributed by atoms with Crippen LogP contribution in [0.5, 0.6) is 0 Å². The fourth-order valence-electron chi connectivity index (χ4n) is 3.30. The van der Waals surface area contributed by atoms with Crippen LogP contribution in [-0.2, 0) is 4.74 Å². The standard InChI is InChI=1S/C18H23ClN4O/c1-11-8-20-17(19)15-9-21-18(23-16(11)15)22-13-4-6-14(7-5-13)24-10-12-2-3-12/h8-9,12-14H,2-7,10H2,1H3,(H,21,22,23)/t13-,14-. The molecule has 0 amide bonds. The number of rotatable bonds is 5. The third-order valence-corrected chi connectivity index (χ3v) is 5.33. The van der Waals surface area contributed by atoms with Crippen LogP contribution in [0, 0.1) is 12.8 Å². The highest BCUT2D eigenvalue weighted by Gasteiger charge is 2.26. The summed E-state index contributed by atoms with van der Waals surface area (Å²) in [6.45, 7) is 2.95. The largest absolute Gasteiger partial charge is 0.378 e. The first-order valence-electron chi connectivity index (χ1n) is 8.85. The van der Waals surface area contributed by atoms with Gasteiger partial charge >= 0.3 is 0 Å². The van der Waals surface area contributed by atoms with Crippen LogP contribution in [0.3, 0.4) is 0 Å². The highest BCUT2D eigenvalue weighted by atomic mass is 35.5. The molecule has 24 heavy (non-hydrogen) atoms. The number of nitrogens with one attached hydrogen (secondary N) is 1. The smallest absolute Gasteiger partial charge is 0.223 e. The normalized spacial score (nSPS) is 24.2. The average molecular weight is 347 g/mol. The summed E-state index contributed by atoms with van der Waals surface area (Å²) in [5.41, 5.74) is 1.88. The molecular weight excluding hydrogens is 324 g/mol. The van der Waals surface area contributed by atoms with Gasteiger partial charge in [-0.05, 0) is 56.9 Å². The third kappa shape index (κ3) is 3.62. The Morgan fingerprint density at radius 2 is 1.92 bits per heavy atom. The van der Waals surface area contributed by atoms with E-state index < -0.39 is 0 Å². The maximum absolute atomic E-state index is 6.12. The number of nitrogens with zero attached hydrogens (tertiary/aromatic N) is 3.